The van der Waals surface area contributed by atoms with Crippen LogP contribution in [0, 0.1) is 17.8 Å². The van der Waals surface area contributed by atoms with Crippen LogP contribution in [-0.2, 0) is 27.3 Å². The van der Waals surface area contributed by atoms with E-state index in [0.29, 0.717) is 24.0 Å². The minimum absolute atomic E-state index is 0.0825. The van der Waals surface area contributed by atoms with Gasteiger partial charge in [0.1, 0.15) is 22.8 Å². The van der Waals surface area contributed by atoms with Crippen molar-refractivity contribution in [2.45, 2.75) is 25.8 Å². The van der Waals surface area contributed by atoms with Gasteiger partial charge in [0.15, 0.2) is 11.6 Å². The summed E-state index contributed by atoms with van der Waals surface area (Å²) < 4.78 is 0. The SMILES string of the molecule is CN(C)c1cc(CNc2cccnc2)c(O)c2c1C[C@H]1C[C@H]3CC(=O)C(C(N)=O)=C(O)C3C(=O)C1=C2O. The second-order valence-electron chi connectivity index (χ2n) is 10.00. The number of hydrogen-bond donors (Lipinski definition) is 5. The minimum atomic E-state index is -1.14. The van der Waals surface area contributed by atoms with Gasteiger partial charge < -0.3 is 31.3 Å². The molecule has 0 saturated heterocycles. The molecule has 1 aromatic carbocycles. The third kappa shape index (κ3) is 3.89. The first kappa shape index (κ1) is 24.4. The van der Waals surface area contributed by atoms with Gasteiger partial charge in [-0.3, -0.25) is 19.4 Å². The number of ketones is 2. The molecule has 0 spiro atoms. The van der Waals surface area contributed by atoms with Gasteiger partial charge in [-0.2, -0.15) is 0 Å². The van der Waals surface area contributed by atoms with Gasteiger partial charge >= 0.3 is 0 Å². The molecule has 1 saturated carbocycles. The van der Waals surface area contributed by atoms with Gasteiger partial charge in [-0.1, -0.05) is 0 Å². The summed E-state index contributed by atoms with van der Waals surface area (Å²) in [7, 11) is 3.72. The lowest BCUT2D eigenvalue weighted by Gasteiger charge is -2.41. The number of phenols is 1. The van der Waals surface area contributed by atoms with Crippen molar-refractivity contribution in [3.63, 3.8) is 0 Å². The van der Waals surface area contributed by atoms with Gasteiger partial charge in [-0.05, 0) is 48.4 Å². The molecular weight excluding hydrogens is 476 g/mol. The molecule has 1 heterocycles. The predicted molar refractivity (Wildman–Crippen MR) is 136 cm³/mol. The number of rotatable bonds is 5. The van der Waals surface area contributed by atoms with Crippen molar-refractivity contribution < 1.29 is 29.7 Å². The Kier molecular flexibility index (Phi) is 5.89. The van der Waals surface area contributed by atoms with Crippen molar-refractivity contribution in [3.8, 4) is 5.75 Å². The zero-order valence-corrected chi connectivity index (χ0v) is 20.5. The summed E-state index contributed by atoms with van der Waals surface area (Å²) in [6.45, 7) is 0.240. The van der Waals surface area contributed by atoms with Crippen LogP contribution in [0.4, 0.5) is 11.4 Å². The Morgan fingerprint density at radius 2 is 1.97 bits per heavy atom. The monoisotopic (exact) mass is 504 g/mol. The number of aliphatic hydroxyl groups excluding tert-OH is 2. The maximum Gasteiger partial charge on any atom is 0.255 e. The van der Waals surface area contributed by atoms with Crippen LogP contribution in [-0.4, -0.2) is 51.9 Å². The zero-order valence-electron chi connectivity index (χ0n) is 20.5. The van der Waals surface area contributed by atoms with E-state index in [4.69, 9.17) is 5.73 Å². The predicted octanol–water partition coefficient (Wildman–Crippen LogP) is 2.38. The number of carbonyl (C=O) groups is 3. The number of anilines is 2. The fourth-order valence-corrected chi connectivity index (χ4v) is 5.94. The smallest absolute Gasteiger partial charge is 0.255 e. The Morgan fingerprint density at radius 3 is 2.62 bits per heavy atom. The molecule has 1 fully saturated rings. The first-order valence-corrected chi connectivity index (χ1v) is 12.0. The number of phenolic OH excluding ortho intramolecular Hbond substituents is 1. The second-order valence-corrected chi connectivity index (χ2v) is 10.00. The van der Waals surface area contributed by atoms with Crippen molar-refractivity contribution in [2.75, 3.05) is 24.3 Å². The van der Waals surface area contributed by atoms with Crippen LogP contribution in [0.1, 0.15) is 29.5 Å². The van der Waals surface area contributed by atoms with E-state index < -0.39 is 46.6 Å². The van der Waals surface area contributed by atoms with Gasteiger partial charge in [-0.25, -0.2) is 0 Å². The molecule has 3 atom stereocenters. The molecule has 37 heavy (non-hydrogen) atoms. The van der Waals surface area contributed by atoms with E-state index in [0.717, 1.165) is 11.4 Å². The molecule has 1 amide bonds. The van der Waals surface area contributed by atoms with Gasteiger partial charge in [0, 0.05) is 56.3 Å². The Hall–Kier alpha value is -4.34. The third-order valence-electron chi connectivity index (χ3n) is 7.57. The molecule has 5 rings (SSSR count). The topological polar surface area (TPSA) is 166 Å². The molecule has 10 nitrogen and oxygen atoms in total. The minimum Gasteiger partial charge on any atom is -0.511 e. The lowest BCUT2D eigenvalue weighted by Crippen LogP contribution is -2.44. The summed E-state index contributed by atoms with van der Waals surface area (Å²) >= 11 is 0. The summed E-state index contributed by atoms with van der Waals surface area (Å²) in [5.41, 5.74) is 7.76. The summed E-state index contributed by atoms with van der Waals surface area (Å²) in [6, 6.07) is 5.47. The number of primary amides is 1. The first-order valence-electron chi connectivity index (χ1n) is 12.0. The van der Waals surface area contributed by atoms with Crippen molar-refractivity contribution in [3.05, 3.63) is 64.2 Å². The van der Waals surface area contributed by atoms with Crippen molar-refractivity contribution >= 4 is 34.6 Å². The van der Waals surface area contributed by atoms with Crippen LogP contribution >= 0.6 is 0 Å². The average Bonchev–Trinajstić information content (AvgIpc) is 2.83. The number of aliphatic hydroxyl groups is 2. The lowest BCUT2D eigenvalue weighted by atomic mass is 9.61. The molecule has 0 aliphatic heterocycles. The molecular formula is C27H28N4O6. The quantitative estimate of drug-likeness (QED) is 0.384. The van der Waals surface area contributed by atoms with E-state index in [1.165, 1.54) is 0 Å². The number of Topliss-reactive ketones (excluding diaryl/α,β-unsaturated/α-hetero) is 2. The number of fused-ring (bicyclic) bond motifs is 3. The number of pyridine rings is 1. The van der Waals surface area contributed by atoms with Crippen LogP contribution in [0.2, 0.25) is 0 Å². The van der Waals surface area contributed by atoms with Gasteiger partial charge in [0.2, 0.25) is 0 Å². The molecule has 1 aromatic heterocycles. The third-order valence-corrected chi connectivity index (χ3v) is 7.57. The summed E-state index contributed by atoms with van der Waals surface area (Å²) in [4.78, 5) is 43.8. The fraction of sp³-hybridized carbons (Fsp3) is 0.333. The number of nitrogens with two attached hydrogens (primary N) is 1. The molecule has 10 heteroatoms. The van der Waals surface area contributed by atoms with Gasteiger partial charge in [0.25, 0.3) is 5.91 Å². The van der Waals surface area contributed by atoms with E-state index in [-0.39, 0.29) is 35.6 Å². The van der Waals surface area contributed by atoms with Crippen molar-refractivity contribution in [1.29, 1.82) is 0 Å². The summed E-state index contributed by atoms with van der Waals surface area (Å²) in [5, 5.41) is 36.6. The number of aromatic nitrogens is 1. The van der Waals surface area contributed by atoms with Crippen LogP contribution in [0.25, 0.3) is 5.76 Å². The normalized spacial score (nSPS) is 22.8. The molecule has 3 aliphatic rings. The summed E-state index contributed by atoms with van der Waals surface area (Å²) in [5.74, 6) is -5.39. The average molecular weight is 505 g/mol. The molecule has 192 valence electrons. The molecule has 1 unspecified atom stereocenters. The number of aromatic hydroxyl groups is 1. The molecule has 2 aromatic rings. The maximum absolute atomic E-state index is 13.6. The number of hydrogen-bond acceptors (Lipinski definition) is 9. The first-order chi connectivity index (χ1) is 17.6. The van der Waals surface area contributed by atoms with Crippen LogP contribution in [0.3, 0.4) is 0 Å². The van der Waals surface area contributed by atoms with E-state index in [2.05, 4.69) is 10.3 Å². The fourth-order valence-electron chi connectivity index (χ4n) is 5.94. The number of allylic oxidation sites excluding steroid dienone is 2. The van der Waals surface area contributed by atoms with E-state index in [9.17, 15) is 29.7 Å². The van der Waals surface area contributed by atoms with Gasteiger partial charge in [0.05, 0.1) is 17.2 Å². The standard InChI is InChI=1S/C27H28N4O6/c1-31(2)17-8-14(10-30-15-4-3-5-29-11-15)23(33)21-16(17)7-12-6-13-9-18(32)22(27(28)37)26(36)20(13)24(34)19(12)25(21)35/h3-5,8,11-13,20,30,33,35-36H,6-7,9-10H2,1-2H3,(H2,28,37)/t12-,13+,20?/m1/s1. The van der Waals surface area contributed by atoms with E-state index >= 15 is 0 Å². The Morgan fingerprint density at radius 1 is 1.22 bits per heavy atom. The zero-order chi connectivity index (χ0) is 26.6. The molecule has 6 N–H and O–H groups in total. The Bertz CT molecular complexity index is 1400. The number of amides is 1. The molecule has 3 aliphatic carbocycles. The highest BCUT2D eigenvalue weighted by Crippen LogP contribution is 2.52. The highest BCUT2D eigenvalue weighted by Gasteiger charge is 2.51. The van der Waals surface area contributed by atoms with E-state index in [1.807, 2.05) is 31.1 Å². The summed E-state index contributed by atoms with van der Waals surface area (Å²) in [6.07, 6.45) is 3.94. The molecule has 0 radical (unpaired) electrons. The van der Waals surface area contributed by atoms with Crippen LogP contribution in [0.5, 0.6) is 5.75 Å². The number of carbonyl (C=O) groups excluding carboxylic acids is 3. The number of benzene rings is 1. The lowest BCUT2D eigenvalue weighted by molar-refractivity contribution is -0.127. The van der Waals surface area contributed by atoms with Crippen molar-refractivity contribution in [2.24, 2.45) is 23.5 Å². The molecule has 0 bridgehead atoms. The Balaban J connectivity index is 1.61. The van der Waals surface area contributed by atoms with Crippen LogP contribution < -0.4 is 16.0 Å². The van der Waals surface area contributed by atoms with Crippen LogP contribution in [0.15, 0.2) is 47.5 Å². The van der Waals surface area contributed by atoms with E-state index in [1.54, 1.807) is 18.5 Å². The van der Waals surface area contributed by atoms with Gasteiger partial charge in [-0.15, -0.1) is 0 Å². The number of nitrogens with one attached hydrogen (secondary N) is 1. The highest BCUT2D eigenvalue weighted by atomic mass is 16.3. The highest BCUT2D eigenvalue weighted by molar-refractivity contribution is 6.21. The van der Waals surface area contributed by atoms with Crippen molar-refractivity contribution in [1.82, 2.24) is 4.98 Å². The maximum atomic E-state index is 13.6. The second kappa shape index (κ2) is 8.95. The Labute approximate surface area is 213 Å². The largest absolute Gasteiger partial charge is 0.511 e. The number of nitrogens with zero attached hydrogens (tertiary/aromatic N) is 2.